The Morgan fingerprint density at radius 1 is 1.40 bits per heavy atom. The average molecular weight is 214 g/mol. The molecule has 1 rings (SSSR count). The Bertz CT molecular complexity index is 201. The van der Waals surface area contributed by atoms with E-state index in [-0.39, 0.29) is 11.8 Å². The molecule has 4 heteroatoms. The number of nitrogens with two attached hydrogens (primary N) is 1. The molecule has 1 saturated carbocycles. The molecule has 0 aliphatic heterocycles. The lowest BCUT2D eigenvalue weighted by molar-refractivity contribution is -0.135. The van der Waals surface area contributed by atoms with Gasteiger partial charge in [-0.1, -0.05) is 0 Å². The molecule has 0 heterocycles. The van der Waals surface area contributed by atoms with Crippen LogP contribution in [-0.2, 0) is 9.53 Å². The third-order valence-corrected chi connectivity index (χ3v) is 3.13. The molecule has 0 atom stereocenters. The minimum absolute atomic E-state index is 0.187. The van der Waals surface area contributed by atoms with Crippen LogP contribution in [0.5, 0.6) is 0 Å². The fourth-order valence-corrected chi connectivity index (χ4v) is 2.02. The molecule has 2 N–H and O–H groups in total. The largest absolute Gasteiger partial charge is 0.383 e. The molecule has 0 radical (unpaired) electrons. The van der Waals surface area contributed by atoms with E-state index in [9.17, 15) is 4.79 Å². The van der Waals surface area contributed by atoms with E-state index in [4.69, 9.17) is 10.5 Å². The molecule has 0 aromatic carbocycles. The molecule has 0 bridgehead atoms. The van der Waals surface area contributed by atoms with Crippen LogP contribution in [-0.4, -0.2) is 44.2 Å². The van der Waals surface area contributed by atoms with Gasteiger partial charge in [0.25, 0.3) is 0 Å². The minimum Gasteiger partial charge on any atom is -0.383 e. The number of nitrogens with zero attached hydrogens (tertiary/aromatic N) is 1. The Labute approximate surface area is 91.8 Å². The van der Waals surface area contributed by atoms with Gasteiger partial charge in [-0.2, -0.15) is 0 Å². The van der Waals surface area contributed by atoms with Crippen LogP contribution in [0, 0.1) is 5.92 Å². The molecule has 88 valence electrons. The van der Waals surface area contributed by atoms with E-state index >= 15 is 0 Å². The normalized spacial score (nSPS) is 26.3. The summed E-state index contributed by atoms with van der Waals surface area (Å²) in [5.74, 6) is 0.436. The van der Waals surface area contributed by atoms with Crippen molar-refractivity contribution >= 4 is 5.91 Å². The Morgan fingerprint density at radius 3 is 2.53 bits per heavy atom. The molecule has 0 saturated heterocycles. The number of amides is 1. The monoisotopic (exact) mass is 214 g/mol. The van der Waals surface area contributed by atoms with Crippen LogP contribution in [0.1, 0.15) is 25.7 Å². The van der Waals surface area contributed by atoms with Gasteiger partial charge in [0.05, 0.1) is 6.61 Å². The second-order valence-corrected chi connectivity index (χ2v) is 4.36. The summed E-state index contributed by atoms with van der Waals surface area (Å²) in [6.45, 7) is 1.28. The summed E-state index contributed by atoms with van der Waals surface area (Å²) >= 11 is 0. The summed E-state index contributed by atoms with van der Waals surface area (Å²) in [5.41, 5.74) is 5.81. The van der Waals surface area contributed by atoms with Gasteiger partial charge < -0.3 is 15.4 Å². The fraction of sp³-hybridized carbons (Fsp3) is 0.909. The van der Waals surface area contributed by atoms with E-state index in [1.165, 1.54) is 0 Å². The highest BCUT2D eigenvalue weighted by Gasteiger charge is 2.26. The van der Waals surface area contributed by atoms with E-state index in [0.717, 1.165) is 25.7 Å². The predicted molar refractivity (Wildman–Crippen MR) is 59.4 cm³/mol. The maximum atomic E-state index is 11.9. The van der Waals surface area contributed by atoms with Crippen LogP contribution >= 0.6 is 0 Å². The maximum Gasteiger partial charge on any atom is 0.225 e. The molecule has 4 nitrogen and oxygen atoms in total. The zero-order valence-corrected chi connectivity index (χ0v) is 9.74. The number of carbonyl (C=O) groups is 1. The van der Waals surface area contributed by atoms with Crippen molar-refractivity contribution in [3.05, 3.63) is 0 Å². The number of hydrogen-bond donors (Lipinski definition) is 1. The lowest BCUT2D eigenvalue weighted by Crippen LogP contribution is -2.38. The highest BCUT2D eigenvalue weighted by atomic mass is 16.5. The first-order valence-corrected chi connectivity index (χ1v) is 5.64. The van der Waals surface area contributed by atoms with Crippen LogP contribution in [0.25, 0.3) is 0 Å². The zero-order chi connectivity index (χ0) is 11.3. The first kappa shape index (κ1) is 12.5. The third kappa shape index (κ3) is 3.80. The van der Waals surface area contributed by atoms with Crippen molar-refractivity contribution in [1.82, 2.24) is 4.90 Å². The van der Waals surface area contributed by atoms with Crippen LogP contribution in [0.15, 0.2) is 0 Å². The SMILES string of the molecule is COCCN(C)C(=O)C1CCC(N)CC1. The van der Waals surface area contributed by atoms with Crippen molar-refractivity contribution in [3.8, 4) is 0 Å². The van der Waals surface area contributed by atoms with E-state index in [1.54, 1.807) is 12.0 Å². The first-order chi connectivity index (χ1) is 7.15. The van der Waals surface area contributed by atoms with Gasteiger partial charge in [0.1, 0.15) is 0 Å². The van der Waals surface area contributed by atoms with Gasteiger partial charge in [-0.25, -0.2) is 0 Å². The Balaban J connectivity index is 2.32. The van der Waals surface area contributed by atoms with Gasteiger partial charge in [-0.3, -0.25) is 4.79 Å². The Hall–Kier alpha value is -0.610. The number of methoxy groups -OCH3 is 1. The van der Waals surface area contributed by atoms with Crippen LogP contribution in [0.4, 0.5) is 0 Å². The van der Waals surface area contributed by atoms with E-state index in [1.807, 2.05) is 7.05 Å². The average Bonchev–Trinajstić information content (AvgIpc) is 2.26. The Kier molecular flexibility index (Phi) is 5.05. The summed E-state index contributed by atoms with van der Waals surface area (Å²) in [6.07, 6.45) is 3.84. The predicted octanol–water partition coefficient (Wildman–Crippen LogP) is 0.609. The smallest absolute Gasteiger partial charge is 0.225 e. The molecular weight excluding hydrogens is 192 g/mol. The molecule has 1 fully saturated rings. The topological polar surface area (TPSA) is 55.6 Å². The Morgan fingerprint density at radius 2 is 2.00 bits per heavy atom. The summed E-state index contributed by atoms with van der Waals surface area (Å²) in [6, 6.07) is 0.304. The standard InChI is InChI=1S/C11H22N2O2/c1-13(7-8-15-2)11(14)9-3-5-10(12)6-4-9/h9-10H,3-8,12H2,1-2H3. The highest BCUT2D eigenvalue weighted by molar-refractivity contribution is 5.78. The lowest BCUT2D eigenvalue weighted by Gasteiger charge is -2.28. The van der Waals surface area contributed by atoms with Gasteiger partial charge >= 0.3 is 0 Å². The molecule has 0 spiro atoms. The molecule has 0 aromatic heterocycles. The molecule has 1 aliphatic carbocycles. The van der Waals surface area contributed by atoms with Crippen molar-refractivity contribution < 1.29 is 9.53 Å². The lowest BCUT2D eigenvalue weighted by atomic mass is 9.85. The zero-order valence-electron chi connectivity index (χ0n) is 9.74. The summed E-state index contributed by atoms with van der Waals surface area (Å²) < 4.78 is 4.95. The number of hydrogen-bond acceptors (Lipinski definition) is 3. The maximum absolute atomic E-state index is 11.9. The fourth-order valence-electron chi connectivity index (χ4n) is 2.02. The third-order valence-electron chi connectivity index (χ3n) is 3.13. The van der Waals surface area contributed by atoms with Gasteiger partial charge in [0.15, 0.2) is 0 Å². The molecule has 15 heavy (non-hydrogen) atoms. The number of rotatable bonds is 4. The van der Waals surface area contributed by atoms with Crippen molar-refractivity contribution in [3.63, 3.8) is 0 Å². The van der Waals surface area contributed by atoms with E-state index in [0.29, 0.717) is 19.2 Å². The van der Waals surface area contributed by atoms with Gasteiger partial charge in [-0.05, 0) is 25.7 Å². The van der Waals surface area contributed by atoms with E-state index < -0.39 is 0 Å². The second-order valence-electron chi connectivity index (χ2n) is 4.36. The summed E-state index contributed by atoms with van der Waals surface area (Å²) in [7, 11) is 3.49. The van der Waals surface area contributed by atoms with Crippen molar-refractivity contribution in [2.75, 3.05) is 27.3 Å². The summed E-state index contributed by atoms with van der Waals surface area (Å²) in [4.78, 5) is 13.7. The molecule has 0 aromatic rings. The number of ether oxygens (including phenoxy) is 1. The van der Waals surface area contributed by atoms with E-state index in [2.05, 4.69) is 0 Å². The first-order valence-electron chi connectivity index (χ1n) is 5.64. The van der Waals surface area contributed by atoms with Crippen LogP contribution in [0.3, 0.4) is 0 Å². The molecule has 0 unspecified atom stereocenters. The summed E-state index contributed by atoms with van der Waals surface area (Å²) in [5, 5.41) is 0. The van der Waals surface area contributed by atoms with Crippen molar-refractivity contribution in [1.29, 1.82) is 0 Å². The second kappa shape index (κ2) is 6.08. The quantitative estimate of drug-likeness (QED) is 0.746. The highest BCUT2D eigenvalue weighted by Crippen LogP contribution is 2.24. The van der Waals surface area contributed by atoms with Gasteiger partial charge in [-0.15, -0.1) is 0 Å². The van der Waals surface area contributed by atoms with Crippen LogP contribution < -0.4 is 5.73 Å². The molecule has 1 aliphatic rings. The van der Waals surface area contributed by atoms with Crippen molar-refractivity contribution in [2.24, 2.45) is 11.7 Å². The van der Waals surface area contributed by atoms with Crippen LogP contribution in [0.2, 0.25) is 0 Å². The molecule has 1 amide bonds. The van der Waals surface area contributed by atoms with Crippen molar-refractivity contribution in [2.45, 2.75) is 31.7 Å². The number of carbonyl (C=O) groups excluding carboxylic acids is 1. The molecular formula is C11H22N2O2. The number of likely N-dealkylation sites (N-methyl/N-ethyl adjacent to an activating group) is 1. The minimum atomic E-state index is 0.187. The van der Waals surface area contributed by atoms with Gasteiger partial charge in [0.2, 0.25) is 5.91 Å². The van der Waals surface area contributed by atoms with Gasteiger partial charge in [0, 0.05) is 32.7 Å².